The number of carbonyl (C=O) groups is 4. The maximum Gasteiger partial charge on any atom is 0.325 e. The van der Waals surface area contributed by atoms with Gasteiger partial charge in [-0.3, -0.25) is 24.1 Å². The van der Waals surface area contributed by atoms with Crippen LogP contribution >= 0.6 is 0 Å². The number of likely N-dealkylation sites (tertiary alicyclic amines) is 1. The van der Waals surface area contributed by atoms with Crippen LogP contribution in [0.1, 0.15) is 46.0 Å². The van der Waals surface area contributed by atoms with Crippen molar-refractivity contribution in [3.63, 3.8) is 0 Å². The van der Waals surface area contributed by atoms with Crippen LogP contribution in [-0.2, 0) is 23.9 Å². The Kier molecular flexibility index (Phi) is 7.56. The lowest BCUT2D eigenvalue weighted by molar-refractivity contribution is -0.144. The number of carbonyl (C=O) groups excluding carboxylic acids is 4. The second-order valence-corrected chi connectivity index (χ2v) is 5.44. The van der Waals surface area contributed by atoms with Gasteiger partial charge in [0, 0.05) is 25.3 Å². The first-order chi connectivity index (χ1) is 10.5. The summed E-state index contributed by atoms with van der Waals surface area (Å²) in [7, 11) is 0. The first-order valence-electron chi connectivity index (χ1n) is 7.72. The summed E-state index contributed by atoms with van der Waals surface area (Å²) in [5.74, 6) is -1.28. The minimum atomic E-state index is -0.516. The van der Waals surface area contributed by atoms with Crippen molar-refractivity contribution in [3.8, 4) is 0 Å². The number of hydrogen-bond acceptors (Lipinski definition) is 5. The fraction of sp³-hybridized carbons (Fsp3) is 0.733. The Hall–Kier alpha value is -1.92. The third-order valence-corrected chi connectivity index (χ3v) is 3.45. The number of amides is 3. The summed E-state index contributed by atoms with van der Waals surface area (Å²) in [6.45, 7) is 3.94. The van der Waals surface area contributed by atoms with Gasteiger partial charge in [0.1, 0.15) is 6.54 Å². The van der Waals surface area contributed by atoms with Crippen molar-refractivity contribution in [1.29, 1.82) is 0 Å². The van der Waals surface area contributed by atoms with Crippen molar-refractivity contribution in [2.24, 2.45) is 5.92 Å². The number of unbranched alkanes of at least 4 members (excludes halogenated alkanes) is 1. The molecule has 1 N–H and O–H groups in total. The van der Waals surface area contributed by atoms with Gasteiger partial charge in [-0.15, -0.1) is 0 Å². The molecule has 0 aromatic carbocycles. The van der Waals surface area contributed by atoms with E-state index in [-0.39, 0.29) is 49.8 Å². The highest BCUT2D eigenvalue weighted by Gasteiger charge is 2.34. The fourth-order valence-electron chi connectivity index (χ4n) is 2.14. The summed E-state index contributed by atoms with van der Waals surface area (Å²) in [5, 5.41) is 2.49. The van der Waals surface area contributed by atoms with Gasteiger partial charge < -0.3 is 10.1 Å². The van der Waals surface area contributed by atoms with Crippen LogP contribution < -0.4 is 5.32 Å². The number of rotatable bonds is 9. The lowest BCUT2D eigenvalue weighted by Gasteiger charge is -2.14. The Morgan fingerprint density at radius 1 is 1.32 bits per heavy atom. The quantitative estimate of drug-likeness (QED) is 0.383. The van der Waals surface area contributed by atoms with Gasteiger partial charge in [-0.25, -0.2) is 0 Å². The predicted molar refractivity (Wildman–Crippen MR) is 78.6 cm³/mol. The van der Waals surface area contributed by atoms with E-state index in [0.29, 0.717) is 12.8 Å². The van der Waals surface area contributed by atoms with Crippen LogP contribution in [0.25, 0.3) is 0 Å². The molecule has 124 valence electrons. The molecule has 1 aliphatic heterocycles. The van der Waals surface area contributed by atoms with E-state index in [0.717, 1.165) is 12.8 Å². The van der Waals surface area contributed by atoms with Crippen molar-refractivity contribution in [2.45, 2.75) is 46.0 Å². The predicted octanol–water partition coefficient (Wildman–Crippen LogP) is 0.621. The van der Waals surface area contributed by atoms with E-state index >= 15 is 0 Å². The molecule has 0 saturated carbocycles. The summed E-state index contributed by atoms with van der Waals surface area (Å²) < 4.78 is 4.95. The maximum absolute atomic E-state index is 11.7. The molecule has 0 spiro atoms. The molecule has 22 heavy (non-hydrogen) atoms. The highest BCUT2D eigenvalue weighted by Crippen LogP contribution is 2.18. The van der Waals surface area contributed by atoms with E-state index in [2.05, 4.69) is 5.32 Å². The van der Waals surface area contributed by atoms with Gasteiger partial charge in [-0.1, -0.05) is 20.3 Å². The first kappa shape index (κ1) is 18.1. The van der Waals surface area contributed by atoms with Crippen LogP contribution in [0.15, 0.2) is 0 Å². The Labute approximate surface area is 130 Å². The lowest BCUT2D eigenvalue weighted by atomic mass is 10.1. The zero-order valence-corrected chi connectivity index (χ0v) is 13.2. The summed E-state index contributed by atoms with van der Waals surface area (Å²) in [6, 6.07) is 0. The average molecular weight is 312 g/mol. The van der Waals surface area contributed by atoms with Crippen LogP contribution in [0.2, 0.25) is 0 Å². The zero-order valence-electron chi connectivity index (χ0n) is 13.2. The Bertz CT molecular complexity index is 436. The van der Waals surface area contributed by atoms with Gasteiger partial charge in [-0.05, 0) is 12.8 Å². The molecule has 7 nitrogen and oxygen atoms in total. The van der Waals surface area contributed by atoms with Crippen molar-refractivity contribution in [3.05, 3.63) is 0 Å². The van der Waals surface area contributed by atoms with E-state index in [1.807, 2.05) is 6.92 Å². The fourth-order valence-corrected chi connectivity index (χ4v) is 2.14. The standard InChI is InChI=1S/C15H24N2O5/c1-3-4-6-12(18)16-10-14(20)22-8-5-7-17-13(19)9-11(2)15(17)21/h11H,3-10H2,1-2H3,(H,16,18). The van der Waals surface area contributed by atoms with Crippen LogP contribution in [0, 0.1) is 5.92 Å². The molecule has 0 aromatic heterocycles. The highest BCUT2D eigenvalue weighted by molar-refractivity contribution is 6.03. The second-order valence-electron chi connectivity index (χ2n) is 5.44. The number of nitrogens with one attached hydrogen (secondary N) is 1. The molecule has 1 fully saturated rings. The van der Waals surface area contributed by atoms with Crippen molar-refractivity contribution in [2.75, 3.05) is 19.7 Å². The molecular formula is C15H24N2O5. The maximum atomic E-state index is 11.7. The number of hydrogen-bond donors (Lipinski definition) is 1. The largest absolute Gasteiger partial charge is 0.464 e. The van der Waals surface area contributed by atoms with E-state index < -0.39 is 5.97 Å². The van der Waals surface area contributed by atoms with Crippen molar-refractivity contribution < 1.29 is 23.9 Å². The number of esters is 1. The Balaban J connectivity index is 2.11. The number of imide groups is 1. The second kappa shape index (κ2) is 9.17. The van der Waals surface area contributed by atoms with Gasteiger partial charge in [0.25, 0.3) is 0 Å². The van der Waals surface area contributed by atoms with Crippen LogP contribution in [0.3, 0.4) is 0 Å². The molecule has 1 unspecified atom stereocenters. The van der Waals surface area contributed by atoms with Gasteiger partial charge >= 0.3 is 5.97 Å². The van der Waals surface area contributed by atoms with Gasteiger partial charge in [0.2, 0.25) is 17.7 Å². The third-order valence-electron chi connectivity index (χ3n) is 3.45. The van der Waals surface area contributed by atoms with Crippen LogP contribution in [0.5, 0.6) is 0 Å². The highest BCUT2D eigenvalue weighted by atomic mass is 16.5. The molecule has 0 aromatic rings. The summed E-state index contributed by atoms with van der Waals surface area (Å²) in [4.78, 5) is 47.1. The minimum Gasteiger partial charge on any atom is -0.464 e. The van der Waals surface area contributed by atoms with Crippen LogP contribution in [0.4, 0.5) is 0 Å². The molecule has 0 bridgehead atoms. The average Bonchev–Trinajstić information content (AvgIpc) is 2.73. The van der Waals surface area contributed by atoms with Crippen molar-refractivity contribution in [1.82, 2.24) is 10.2 Å². The molecule has 0 radical (unpaired) electrons. The normalized spacial score (nSPS) is 17.7. The van der Waals surface area contributed by atoms with Gasteiger partial charge in [-0.2, -0.15) is 0 Å². The monoisotopic (exact) mass is 312 g/mol. The molecule has 0 aliphatic carbocycles. The summed E-state index contributed by atoms with van der Waals surface area (Å²) in [5.41, 5.74) is 0. The first-order valence-corrected chi connectivity index (χ1v) is 7.72. The lowest BCUT2D eigenvalue weighted by Crippen LogP contribution is -2.33. The minimum absolute atomic E-state index is 0.120. The molecular weight excluding hydrogens is 288 g/mol. The molecule has 1 atom stereocenters. The van der Waals surface area contributed by atoms with E-state index in [9.17, 15) is 19.2 Å². The SMILES string of the molecule is CCCCC(=O)NCC(=O)OCCCN1C(=O)CC(C)C1=O. The molecule has 1 heterocycles. The number of nitrogens with zero attached hydrogens (tertiary/aromatic N) is 1. The molecule has 1 rings (SSSR count). The summed E-state index contributed by atoms with van der Waals surface area (Å²) in [6.07, 6.45) is 2.77. The van der Waals surface area contributed by atoms with E-state index in [4.69, 9.17) is 4.74 Å². The van der Waals surface area contributed by atoms with E-state index in [1.54, 1.807) is 6.92 Å². The smallest absolute Gasteiger partial charge is 0.325 e. The third kappa shape index (κ3) is 5.83. The van der Waals surface area contributed by atoms with Gasteiger partial charge in [0.05, 0.1) is 6.61 Å². The topological polar surface area (TPSA) is 92.8 Å². The molecule has 3 amide bonds. The van der Waals surface area contributed by atoms with Crippen LogP contribution in [-0.4, -0.2) is 48.3 Å². The Morgan fingerprint density at radius 3 is 2.64 bits per heavy atom. The number of ether oxygens (including phenoxy) is 1. The molecule has 1 saturated heterocycles. The zero-order chi connectivity index (χ0) is 16.5. The summed E-state index contributed by atoms with van der Waals surface area (Å²) >= 11 is 0. The molecule has 7 heteroatoms. The molecule has 1 aliphatic rings. The Morgan fingerprint density at radius 2 is 2.05 bits per heavy atom. The van der Waals surface area contributed by atoms with E-state index in [1.165, 1.54) is 4.90 Å². The van der Waals surface area contributed by atoms with Gasteiger partial charge in [0.15, 0.2) is 0 Å². The van der Waals surface area contributed by atoms with Crippen molar-refractivity contribution >= 4 is 23.7 Å².